The van der Waals surface area contributed by atoms with Gasteiger partial charge < -0.3 is 4.74 Å². The van der Waals surface area contributed by atoms with Gasteiger partial charge in [0.15, 0.2) is 0 Å². The van der Waals surface area contributed by atoms with Crippen molar-refractivity contribution in [1.82, 2.24) is 4.90 Å². The number of nitrogens with zero attached hydrogens (tertiary/aromatic N) is 1. The molecule has 0 spiro atoms. The van der Waals surface area contributed by atoms with Crippen LogP contribution < -0.4 is 0 Å². The van der Waals surface area contributed by atoms with E-state index in [2.05, 4.69) is 53.4 Å². The van der Waals surface area contributed by atoms with Gasteiger partial charge in [0.1, 0.15) is 0 Å². The minimum absolute atomic E-state index is 0.847. The summed E-state index contributed by atoms with van der Waals surface area (Å²) in [5, 5.41) is 0. The van der Waals surface area contributed by atoms with Gasteiger partial charge in [-0.3, -0.25) is 4.90 Å². The fourth-order valence-electron chi connectivity index (χ4n) is 2.49. The summed E-state index contributed by atoms with van der Waals surface area (Å²) in [6.45, 7) is 4.72. The van der Waals surface area contributed by atoms with Crippen LogP contribution in [0.5, 0.6) is 0 Å². The van der Waals surface area contributed by atoms with Crippen LogP contribution in [0.4, 0.5) is 0 Å². The largest absolute Gasteiger partial charge is 0.379 e. The first kappa shape index (κ1) is 12.4. The highest BCUT2D eigenvalue weighted by molar-refractivity contribution is 5.66. The monoisotopic (exact) mass is 252 g/mol. The Morgan fingerprint density at radius 2 is 1.84 bits per heavy atom. The molecule has 2 nitrogen and oxygen atoms in total. The van der Waals surface area contributed by atoms with Crippen LogP contribution in [0, 0.1) is 6.07 Å². The maximum Gasteiger partial charge on any atom is 0.0594 e. The molecule has 0 aliphatic carbocycles. The Morgan fingerprint density at radius 3 is 2.63 bits per heavy atom. The molecule has 0 unspecified atom stereocenters. The lowest BCUT2D eigenvalue weighted by Crippen LogP contribution is -2.35. The molecule has 97 valence electrons. The standard InChI is InChI=1S/C17H18NO/c1-2-6-15(7-3-1)17-9-5-4-8-16(17)14-18-10-12-19-13-11-18/h1-4,6-9H,10-14H2. The molecule has 1 heterocycles. The molecule has 0 atom stereocenters. The van der Waals surface area contributed by atoms with Crippen molar-refractivity contribution in [3.8, 4) is 11.1 Å². The van der Waals surface area contributed by atoms with Crippen molar-refractivity contribution in [1.29, 1.82) is 0 Å². The van der Waals surface area contributed by atoms with Crippen molar-refractivity contribution in [2.45, 2.75) is 6.54 Å². The van der Waals surface area contributed by atoms with E-state index in [4.69, 9.17) is 4.74 Å². The molecule has 0 N–H and O–H groups in total. The third-order valence-electron chi connectivity index (χ3n) is 3.54. The molecule has 2 aromatic rings. The van der Waals surface area contributed by atoms with Crippen molar-refractivity contribution < 1.29 is 4.74 Å². The second-order valence-electron chi connectivity index (χ2n) is 4.84. The Morgan fingerprint density at radius 1 is 1.05 bits per heavy atom. The van der Waals surface area contributed by atoms with E-state index in [-0.39, 0.29) is 0 Å². The molecular formula is C17H18NO. The molecule has 1 aliphatic heterocycles. The van der Waals surface area contributed by atoms with E-state index < -0.39 is 0 Å². The van der Waals surface area contributed by atoms with E-state index >= 15 is 0 Å². The third-order valence-corrected chi connectivity index (χ3v) is 3.54. The van der Waals surface area contributed by atoms with Gasteiger partial charge in [0.2, 0.25) is 0 Å². The summed E-state index contributed by atoms with van der Waals surface area (Å²) in [4.78, 5) is 2.45. The smallest absolute Gasteiger partial charge is 0.0594 e. The van der Waals surface area contributed by atoms with E-state index in [1.54, 1.807) is 0 Å². The van der Waals surface area contributed by atoms with Crippen molar-refractivity contribution in [3.63, 3.8) is 0 Å². The molecule has 19 heavy (non-hydrogen) atoms. The van der Waals surface area contributed by atoms with Crippen molar-refractivity contribution >= 4 is 0 Å². The number of hydrogen-bond donors (Lipinski definition) is 0. The first-order chi connectivity index (χ1) is 9.43. The Hall–Kier alpha value is -1.64. The molecule has 3 rings (SSSR count). The third kappa shape index (κ3) is 3.03. The van der Waals surface area contributed by atoms with Gasteiger partial charge in [0.25, 0.3) is 0 Å². The Balaban J connectivity index is 1.85. The lowest BCUT2D eigenvalue weighted by Gasteiger charge is -2.27. The second-order valence-corrected chi connectivity index (χ2v) is 4.84. The predicted molar refractivity (Wildman–Crippen MR) is 76.8 cm³/mol. The Bertz CT molecular complexity index is 518. The average Bonchev–Trinajstić information content (AvgIpc) is 2.50. The SMILES string of the molecule is [c]1ccc(CN2CCOCC2)c(-c2ccccc2)c1. The summed E-state index contributed by atoms with van der Waals surface area (Å²) in [5.74, 6) is 0. The zero-order valence-electron chi connectivity index (χ0n) is 11.0. The maximum absolute atomic E-state index is 5.40. The first-order valence-corrected chi connectivity index (χ1v) is 6.78. The molecule has 1 saturated heterocycles. The highest BCUT2D eigenvalue weighted by Gasteiger charge is 2.13. The van der Waals surface area contributed by atoms with Crippen LogP contribution in [0.3, 0.4) is 0 Å². The van der Waals surface area contributed by atoms with Gasteiger partial charge in [-0.25, -0.2) is 0 Å². The number of benzene rings is 2. The lowest BCUT2D eigenvalue weighted by atomic mass is 9.99. The van der Waals surface area contributed by atoms with Crippen LogP contribution >= 0.6 is 0 Å². The Kier molecular flexibility index (Phi) is 3.92. The zero-order valence-corrected chi connectivity index (χ0v) is 11.0. The van der Waals surface area contributed by atoms with Gasteiger partial charge in [-0.2, -0.15) is 0 Å². The van der Waals surface area contributed by atoms with Crippen LogP contribution in [-0.4, -0.2) is 31.2 Å². The summed E-state index contributed by atoms with van der Waals surface area (Å²) in [7, 11) is 0. The second kappa shape index (κ2) is 6.00. The highest BCUT2D eigenvalue weighted by Crippen LogP contribution is 2.24. The summed E-state index contributed by atoms with van der Waals surface area (Å²) >= 11 is 0. The topological polar surface area (TPSA) is 12.5 Å². The van der Waals surface area contributed by atoms with E-state index in [0.29, 0.717) is 0 Å². The lowest BCUT2D eigenvalue weighted by molar-refractivity contribution is 0.0342. The normalized spacial score (nSPS) is 16.4. The molecule has 1 fully saturated rings. The van der Waals surface area contributed by atoms with Gasteiger partial charge in [0, 0.05) is 19.6 Å². The van der Waals surface area contributed by atoms with E-state index in [1.807, 2.05) is 6.07 Å². The van der Waals surface area contributed by atoms with Crippen molar-refractivity contribution in [2.75, 3.05) is 26.3 Å². The van der Waals surface area contributed by atoms with E-state index in [9.17, 15) is 0 Å². The molecule has 1 radical (unpaired) electrons. The van der Waals surface area contributed by atoms with Crippen LogP contribution in [-0.2, 0) is 11.3 Å². The van der Waals surface area contributed by atoms with Gasteiger partial charge in [-0.1, -0.05) is 42.5 Å². The Labute approximate surface area is 114 Å². The number of hydrogen-bond acceptors (Lipinski definition) is 2. The van der Waals surface area contributed by atoms with Gasteiger partial charge in [0.05, 0.1) is 13.2 Å². The molecule has 0 aromatic heterocycles. The fraction of sp³-hybridized carbons (Fsp3) is 0.294. The molecule has 0 saturated carbocycles. The van der Waals surface area contributed by atoms with Crippen molar-refractivity contribution in [3.05, 3.63) is 60.2 Å². The summed E-state index contributed by atoms with van der Waals surface area (Å²) in [6.07, 6.45) is 0. The average molecular weight is 252 g/mol. The maximum atomic E-state index is 5.40. The van der Waals surface area contributed by atoms with Crippen LogP contribution in [0.15, 0.2) is 48.5 Å². The van der Waals surface area contributed by atoms with Crippen molar-refractivity contribution in [2.24, 2.45) is 0 Å². The van der Waals surface area contributed by atoms with E-state index in [0.717, 1.165) is 32.8 Å². The zero-order chi connectivity index (χ0) is 12.9. The van der Waals surface area contributed by atoms with Gasteiger partial charge in [-0.15, -0.1) is 0 Å². The van der Waals surface area contributed by atoms with Crippen LogP contribution in [0.1, 0.15) is 5.56 Å². The number of rotatable bonds is 3. The molecule has 2 aromatic carbocycles. The molecular weight excluding hydrogens is 234 g/mol. The molecule has 0 amide bonds. The quantitative estimate of drug-likeness (QED) is 0.832. The van der Waals surface area contributed by atoms with Crippen LogP contribution in [0.25, 0.3) is 11.1 Å². The highest BCUT2D eigenvalue weighted by atomic mass is 16.5. The number of morpholine rings is 1. The predicted octanol–water partition coefficient (Wildman–Crippen LogP) is 2.99. The minimum atomic E-state index is 0.847. The summed E-state index contributed by atoms with van der Waals surface area (Å²) in [6, 6.07) is 20.0. The van der Waals surface area contributed by atoms with Crippen LogP contribution in [0.2, 0.25) is 0 Å². The molecule has 2 heteroatoms. The first-order valence-electron chi connectivity index (χ1n) is 6.78. The fourth-order valence-corrected chi connectivity index (χ4v) is 2.49. The molecule has 0 bridgehead atoms. The summed E-state index contributed by atoms with van der Waals surface area (Å²) in [5.41, 5.74) is 3.92. The minimum Gasteiger partial charge on any atom is -0.379 e. The summed E-state index contributed by atoms with van der Waals surface area (Å²) < 4.78 is 5.40. The number of ether oxygens (including phenoxy) is 1. The van der Waals surface area contributed by atoms with E-state index in [1.165, 1.54) is 16.7 Å². The molecule has 1 aliphatic rings. The van der Waals surface area contributed by atoms with Gasteiger partial charge >= 0.3 is 0 Å². The van der Waals surface area contributed by atoms with Gasteiger partial charge in [-0.05, 0) is 28.8 Å².